The molecule has 88 valence electrons. The minimum atomic E-state index is 0.248. The minimum absolute atomic E-state index is 0.248. The lowest BCUT2D eigenvalue weighted by Gasteiger charge is -2.26. The Morgan fingerprint density at radius 1 is 1.31 bits per heavy atom. The second-order valence-corrected chi connectivity index (χ2v) is 5.60. The molecule has 1 aromatic heterocycles. The van der Waals surface area contributed by atoms with E-state index in [0.717, 1.165) is 16.9 Å². The molecule has 0 aromatic carbocycles. The van der Waals surface area contributed by atoms with E-state index in [1.807, 2.05) is 0 Å². The molecule has 0 unspecified atom stereocenters. The maximum Gasteiger partial charge on any atom is 0.222 e. The van der Waals surface area contributed by atoms with Crippen molar-refractivity contribution in [1.82, 2.24) is 9.97 Å². The van der Waals surface area contributed by atoms with Gasteiger partial charge in [-0.15, -0.1) is 11.6 Å². The highest BCUT2D eigenvalue weighted by Crippen LogP contribution is 2.38. The highest BCUT2D eigenvalue weighted by Gasteiger charge is 2.32. The van der Waals surface area contributed by atoms with Gasteiger partial charge in [-0.3, -0.25) is 0 Å². The number of rotatable bonds is 4. The van der Waals surface area contributed by atoms with Gasteiger partial charge < -0.3 is 5.32 Å². The molecule has 16 heavy (non-hydrogen) atoms. The van der Waals surface area contributed by atoms with Crippen LogP contribution in [-0.2, 0) is 0 Å². The van der Waals surface area contributed by atoms with E-state index in [0.29, 0.717) is 5.95 Å². The van der Waals surface area contributed by atoms with Crippen LogP contribution in [0.4, 0.5) is 5.95 Å². The summed E-state index contributed by atoms with van der Waals surface area (Å²) in [4.78, 5) is 8.38. The molecule has 1 aliphatic rings. The molecule has 1 heterocycles. The number of halogens is 2. The van der Waals surface area contributed by atoms with Gasteiger partial charge in [-0.1, -0.05) is 12.8 Å². The standard InChI is InChI=1S/C11H15BrClN3/c12-9-5-14-10(15-6-9)16-8-11(7-13)3-1-2-4-11/h5-6H,1-4,7-8H2,(H,14,15,16). The van der Waals surface area contributed by atoms with E-state index in [9.17, 15) is 0 Å². The smallest absolute Gasteiger partial charge is 0.222 e. The number of aromatic nitrogens is 2. The van der Waals surface area contributed by atoms with Crippen LogP contribution < -0.4 is 5.32 Å². The molecule has 0 aliphatic heterocycles. The monoisotopic (exact) mass is 303 g/mol. The van der Waals surface area contributed by atoms with Crippen LogP contribution >= 0.6 is 27.5 Å². The fourth-order valence-electron chi connectivity index (χ4n) is 2.15. The largest absolute Gasteiger partial charge is 0.354 e. The number of alkyl halides is 1. The topological polar surface area (TPSA) is 37.8 Å². The van der Waals surface area contributed by atoms with Crippen molar-refractivity contribution >= 4 is 33.5 Å². The summed E-state index contributed by atoms with van der Waals surface area (Å²) in [6.07, 6.45) is 8.49. The average molecular weight is 305 g/mol. The van der Waals surface area contributed by atoms with Crippen molar-refractivity contribution in [1.29, 1.82) is 0 Å². The zero-order valence-electron chi connectivity index (χ0n) is 9.05. The van der Waals surface area contributed by atoms with Crippen LogP contribution in [0.1, 0.15) is 25.7 Å². The lowest BCUT2D eigenvalue weighted by Crippen LogP contribution is -2.29. The van der Waals surface area contributed by atoms with E-state index in [1.165, 1.54) is 25.7 Å². The summed E-state index contributed by atoms with van der Waals surface area (Å²) in [7, 11) is 0. The van der Waals surface area contributed by atoms with Gasteiger partial charge in [0, 0.05) is 30.2 Å². The highest BCUT2D eigenvalue weighted by atomic mass is 79.9. The number of anilines is 1. The van der Waals surface area contributed by atoms with Crippen molar-refractivity contribution in [2.75, 3.05) is 17.7 Å². The van der Waals surface area contributed by atoms with Gasteiger partial charge in [0.05, 0.1) is 4.47 Å². The second-order valence-electron chi connectivity index (χ2n) is 4.42. The van der Waals surface area contributed by atoms with Crippen LogP contribution in [0.25, 0.3) is 0 Å². The zero-order valence-corrected chi connectivity index (χ0v) is 11.4. The second kappa shape index (κ2) is 5.32. The van der Waals surface area contributed by atoms with Crippen molar-refractivity contribution in [3.63, 3.8) is 0 Å². The summed E-state index contributed by atoms with van der Waals surface area (Å²) >= 11 is 9.38. The molecular weight excluding hydrogens is 289 g/mol. The summed E-state index contributed by atoms with van der Waals surface area (Å²) in [5.41, 5.74) is 0.248. The predicted molar refractivity (Wildman–Crippen MR) is 69.8 cm³/mol. The third-order valence-electron chi connectivity index (χ3n) is 3.19. The fourth-order valence-corrected chi connectivity index (χ4v) is 2.72. The summed E-state index contributed by atoms with van der Waals surface area (Å²) in [5.74, 6) is 1.40. The van der Waals surface area contributed by atoms with Gasteiger partial charge in [-0.05, 0) is 28.8 Å². The number of nitrogens with one attached hydrogen (secondary N) is 1. The molecule has 0 atom stereocenters. The van der Waals surface area contributed by atoms with Gasteiger partial charge >= 0.3 is 0 Å². The van der Waals surface area contributed by atoms with Crippen molar-refractivity contribution in [2.24, 2.45) is 5.41 Å². The molecule has 3 nitrogen and oxygen atoms in total. The van der Waals surface area contributed by atoms with Crippen LogP contribution in [0.3, 0.4) is 0 Å². The van der Waals surface area contributed by atoms with E-state index in [2.05, 4.69) is 31.2 Å². The summed E-state index contributed by atoms with van der Waals surface area (Å²) in [5, 5.41) is 3.28. The van der Waals surface area contributed by atoms with Crippen molar-refractivity contribution in [3.8, 4) is 0 Å². The van der Waals surface area contributed by atoms with Crippen molar-refractivity contribution < 1.29 is 0 Å². The molecular formula is C11H15BrClN3. The van der Waals surface area contributed by atoms with E-state index in [4.69, 9.17) is 11.6 Å². The first-order chi connectivity index (χ1) is 7.74. The van der Waals surface area contributed by atoms with Gasteiger partial charge in [0.15, 0.2) is 0 Å². The van der Waals surface area contributed by atoms with Crippen LogP contribution in [0.15, 0.2) is 16.9 Å². The van der Waals surface area contributed by atoms with E-state index in [-0.39, 0.29) is 5.41 Å². The molecule has 0 saturated heterocycles. The van der Waals surface area contributed by atoms with Gasteiger partial charge in [0.2, 0.25) is 5.95 Å². The highest BCUT2D eigenvalue weighted by molar-refractivity contribution is 9.10. The summed E-state index contributed by atoms with van der Waals surface area (Å²) < 4.78 is 0.894. The van der Waals surface area contributed by atoms with Crippen LogP contribution in [0.2, 0.25) is 0 Å². The van der Waals surface area contributed by atoms with E-state index in [1.54, 1.807) is 12.4 Å². The Hall–Kier alpha value is -0.350. The first kappa shape index (κ1) is 12.1. The Morgan fingerprint density at radius 2 is 1.94 bits per heavy atom. The number of hydrogen-bond donors (Lipinski definition) is 1. The SMILES string of the molecule is ClCC1(CNc2ncc(Br)cn2)CCCC1. The van der Waals surface area contributed by atoms with Crippen molar-refractivity contribution in [3.05, 3.63) is 16.9 Å². The molecule has 5 heteroatoms. The summed E-state index contributed by atoms with van der Waals surface area (Å²) in [6.45, 7) is 0.873. The molecule has 1 aromatic rings. The lowest BCUT2D eigenvalue weighted by atomic mass is 9.89. The molecule has 1 N–H and O–H groups in total. The van der Waals surface area contributed by atoms with Crippen LogP contribution in [0.5, 0.6) is 0 Å². The maximum atomic E-state index is 6.07. The minimum Gasteiger partial charge on any atom is -0.354 e. The Labute approximate surface area is 109 Å². The first-order valence-electron chi connectivity index (χ1n) is 5.51. The predicted octanol–water partition coefficient (Wildman–Crippen LogP) is 3.45. The quantitative estimate of drug-likeness (QED) is 0.866. The zero-order chi connectivity index (χ0) is 11.4. The van der Waals surface area contributed by atoms with Crippen LogP contribution in [0, 0.1) is 5.41 Å². The van der Waals surface area contributed by atoms with Crippen LogP contribution in [-0.4, -0.2) is 22.4 Å². The Bertz CT molecular complexity index is 336. The third kappa shape index (κ3) is 2.86. The fraction of sp³-hybridized carbons (Fsp3) is 0.636. The Balaban J connectivity index is 1.93. The molecule has 2 rings (SSSR count). The molecule has 0 bridgehead atoms. The Kier molecular flexibility index (Phi) is 4.03. The lowest BCUT2D eigenvalue weighted by molar-refractivity contribution is 0.367. The van der Waals surface area contributed by atoms with Gasteiger partial charge in [-0.2, -0.15) is 0 Å². The van der Waals surface area contributed by atoms with E-state index < -0.39 is 0 Å². The molecule has 0 spiro atoms. The molecule has 1 fully saturated rings. The van der Waals surface area contributed by atoms with Gasteiger partial charge in [-0.25, -0.2) is 9.97 Å². The average Bonchev–Trinajstić information content (AvgIpc) is 2.78. The van der Waals surface area contributed by atoms with Gasteiger partial charge in [0.1, 0.15) is 0 Å². The third-order valence-corrected chi connectivity index (χ3v) is 4.17. The van der Waals surface area contributed by atoms with E-state index >= 15 is 0 Å². The normalized spacial score (nSPS) is 18.6. The molecule has 1 saturated carbocycles. The molecule has 0 amide bonds. The number of nitrogens with zero attached hydrogens (tertiary/aromatic N) is 2. The summed E-state index contributed by atoms with van der Waals surface area (Å²) in [6, 6.07) is 0. The van der Waals surface area contributed by atoms with Gasteiger partial charge in [0.25, 0.3) is 0 Å². The molecule has 0 radical (unpaired) electrons. The molecule has 1 aliphatic carbocycles. The first-order valence-corrected chi connectivity index (χ1v) is 6.84. The maximum absolute atomic E-state index is 6.07. The van der Waals surface area contributed by atoms with Crippen molar-refractivity contribution in [2.45, 2.75) is 25.7 Å². The number of hydrogen-bond acceptors (Lipinski definition) is 3. The Morgan fingerprint density at radius 3 is 2.50 bits per heavy atom.